The predicted octanol–water partition coefficient (Wildman–Crippen LogP) is -0.0985. The second kappa shape index (κ2) is 3.80. The van der Waals surface area contributed by atoms with E-state index in [4.69, 9.17) is 0 Å². The van der Waals surface area contributed by atoms with Gasteiger partial charge in [-0.25, -0.2) is 9.78 Å². The largest absolute Gasteiger partial charge is 0.459 e. The minimum absolute atomic E-state index is 0.537. The molecule has 15 heavy (non-hydrogen) atoms. The fourth-order valence-electron chi connectivity index (χ4n) is 1.18. The molecule has 2 heterocycles. The SMILES string of the molecule is COC(=O)C#Cc1nc[nH+]c2[nH]ccc12. The van der Waals surface area contributed by atoms with Crippen molar-refractivity contribution in [1.29, 1.82) is 0 Å². The maximum Gasteiger partial charge on any atom is 0.384 e. The molecule has 0 spiro atoms. The van der Waals surface area contributed by atoms with Gasteiger partial charge in [-0.15, -0.1) is 4.98 Å². The molecule has 0 aliphatic heterocycles. The van der Waals surface area contributed by atoms with E-state index in [0.29, 0.717) is 5.69 Å². The molecule has 5 nitrogen and oxygen atoms in total. The van der Waals surface area contributed by atoms with Crippen molar-refractivity contribution in [2.75, 3.05) is 7.11 Å². The summed E-state index contributed by atoms with van der Waals surface area (Å²) in [6.07, 6.45) is 3.28. The summed E-state index contributed by atoms with van der Waals surface area (Å²) in [7, 11) is 1.29. The number of ether oxygens (including phenoxy) is 1. The number of rotatable bonds is 0. The first kappa shape index (κ1) is 9.21. The molecule has 0 atom stereocenters. The van der Waals surface area contributed by atoms with E-state index in [0.717, 1.165) is 11.0 Å². The number of hydrogen-bond acceptors (Lipinski definition) is 3. The van der Waals surface area contributed by atoms with Gasteiger partial charge in [0, 0.05) is 5.92 Å². The van der Waals surface area contributed by atoms with Crippen LogP contribution in [-0.4, -0.2) is 23.0 Å². The smallest absolute Gasteiger partial charge is 0.384 e. The monoisotopic (exact) mass is 202 g/mol. The normalized spacial score (nSPS) is 9.40. The zero-order valence-corrected chi connectivity index (χ0v) is 8.00. The molecule has 0 amide bonds. The number of esters is 1. The minimum Gasteiger partial charge on any atom is -0.459 e. The Bertz CT molecular complexity index is 563. The Morgan fingerprint density at radius 1 is 1.67 bits per heavy atom. The van der Waals surface area contributed by atoms with Gasteiger partial charge in [0.25, 0.3) is 0 Å². The van der Waals surface area contributed by atoms with Gasteiger partial charge in [0.15, 0.2) is 0 Å². The summed E-state index contributed by atoms with van der Waals surface area (Å²) in [4.78, 5) is 20.8. The van der Waals surface area contributed by atoms with E-state index in [-0.39, 0.29) is 0 Å². The lowest BCUT2D eigenvalue weighted by Crippen LogP contribution is -2.05. The van der Waals surface area contributed by atoms with Crippen molar-refractivity contribution in [3.05, 3.63) is 24.3 Å². The Balaban J connectivity index is 2.46. The zero-order chi connectivity index (χ0) is 10.7. The molecule has 2 N–H and O–H groups in total. The van der Waals surface area contributed by atoms with E-state index in [9.17, 15) is 4.79 Å². The standard InChI is InChI=1S/C10H7N3O2/c1-15-9(14)3-2-8-7-4-5-11-10(7)13-6-12-8/h4-6H,1H3,(H,11,12,13)/p+1. The lowest BCUT2D eigenvalue weighted by Gasteiger charge is -1.86. The van der Waals surface area contributed by atoms with Crippen molar-refractivity contribution in [1.82, 2.24) is 9.97 Å². The summed E-state index contributed by atoms with van der Waals surface area (Å²) >= 11 is 0. The van der Waals surface area contributed by atoms with Gasteiger partial charge in [-0.2, -0.15) is 0 Å². The molecule has 0 bridgehead atoms. The van der Waals surface area contributed by atoms with Crippen LogP contribution in [0.25, 0.3) is 11.0 Å². The highest BCUT2D eigenvalue weighted by Gasteiger charge is 2.06. The number of hydrogen-bond donors (Lipinski definition) is 1. The Morgan fingerprint density at radius 2 is 2.53 bits per heavy atom. The third-order valence-electron chi connectivity index (χ3n) is 1.87. The van der Waals surface area contributed by atoms with Crippen LogP contribution in [0.3, 0.4) is 0 Å². The van der Waals surface area contributed by atoms with E-state index in [2.05, 4.69) is 31.5 Å². The van der Waals surface area contributed by atoms with Gasteiger partial charge < -0.3 is 4.74 Å². The third-order valence-corrected chi connectivity index (χ3v) is 1.87. The Kier molecular flexibility index (Phi) is 2.33. The lowest BCUT2D eigenvalue weighted by molar-refractivity contribution is -0.352. The number of H-pyrrole nitrogens is 2. The van der Waals surface area contributed by atoms with Gasteiger partial charge >= 0.3 is 5.97 Å². The molecule has 0 unspecified atom stereocenters. The van der Waals surface area contributed by atoms with Crippen LogP contribution in [0.1, 0.15) is 5.69 Å². The van der Waals surface area contributed by atoms with Gasteiger partial charge in [0.1, 0.15) is 5.39 Å². The van der Waals surface area contributed by atoms with E-state index < -0.39 is 5.97 Å². The van der Waals surface area contributed by atoms with E-state index in [1.807, 2.05) is 6.07 Å². The van der Waals surface area contributed by atoms with Crippen LogP contribution in [0.4, 0.5) is 0 Å². The van der Waals surface area contributed by atoms with Crippen molar-refractivity contribution in [2.45, 2.75) is 0 Å². The Morgan fingerprint density at radius 3 is 3.33 bits per heavy atom. The highest BCUT2D eigenvalue weighted by Crippen LogP contribution is 2.08. The number of aromatic nitrogens is 3. The number of nitrogens with zero attached hydrogens (tertiary/aromatic N) is 1. The fraction of sp³-hybridized carbons (Fsp3) is 0.100. The molecular weight excluding hydrogens is 194 g/mol. The first-order valence-corrected chi connectivity index (χ1v) is 4.25. The second-order valence-electron chi connectivity index (χ2n) is 2.76. The second-order valence-corrected chi connectivity index (χ2v) is 2.76. The summed E-state index contributed by atoms with van der Waals surface area (Å²) < 4.78 is 4.41. The molecule has 0 radical (unpaired) electrons. The van der Waals surface area contributed by atoms with Crippen LogP contribution >= 0.6 is 0 Å². The highest BCUT2D eigenvalue weighted by atomic mass is 16.5. The summed E-state index contributed by atoms with van der Waals surface area (Å²) in [6.45, 7) is 0. The number of methoxy groups -OCH3 is 1. The number of fused-ring (bicyclic) bond motifs is 1. The lowest BCUT2D eigenvalue weighted by atomic mass is 10.3. The molecule has 0 aliphatic rings. The molecule has 2 rings (SSSR count). The molecule has 0 fully saturated rings. The number of aromatic amines is 2. The van der Waals surface area contributed by atoms with Crippen LogP contribution in [0.5, 0.6) is 0 Å². The highest BCUT2D eigenvalue weighted by molar-refractivity contribution is 5.90. The fourth-order valence-corrected chi connectivity index (χ4v) is 1.18. The first-order chi connectivity index (χ1) is 7.31. The van der Waals surface area contributed by atoms with Crippen LogP contribution in [0.2, 0.25) is 0 Å². The number of carbonyl (C=O) groups excluding carboxylic acids is 1. The van der Waals surface area contributed by atoms with E-state index in [1.165, 1.54) is 13.4 Å². The molecular formula is C10H8N3O2+. The third kappa shape index (κ3) is 1.79. The number of nitrogens with one attached hydrogen (secondary N) is 2. The average Bonchev–Trinajstić information content (AvgIpc) is 2.74. The predicted molar refractivity (Wildman–Crippen MR) is 51.5 cm³/mol. The maximum atomic E-state index is 10.8. The van der Waals surface area contributed by atoms with Crippen LogP contribution < -0.4 is 4.98 Å². The van der Waals surface area contributed by atoms with Gasteiger partial charge in [-0.1, -0.05) is 0 Å². The molecule has 74 valence electrons. The van der Waals surface area contributed by atoms with Crippen molar-refractivity contribution in [2.24, 2.45) is 0 Å². The summed E-state index contributed by atoms with van der Waals surface area (Å²) in [5, 5.41) is 0.842. The Labute approximate surface area is 85.5 Å². The molecule has 0 saturated carbocycles. The topological polar surface area (TPSA) is 69.1 Å². The average molecular weight is 202 g/mol. The van der Waals surface area contributed by atoms with E-state index in [1.54, 1.807) is 6.20 Å². The molecule has 0 aromatic carbocycles. The molecule has 0 aliphatic carbocycles. The van der Waals surface area contributed by atoms with Crippen LogP contribution in [0, 0.1) is 11.8 Å². The van der Waals surface area contributed by atoms with Crippen molar-refractivity contribution in [3.63, 3.8) is 0 Å². The van der Waals surface area contributed by atoms with Gasteiger partial charge in [-0.05, 0) is 12.0 Å². The van der Waals surface area contributed by atoms with Gasteiger partial charge in [-0.3, -0.25) is 4.98 Å². The molecule has 2 aromatic rings. The quantitative estimate of drug-likeness (QED) is 0.479. The Hall–Kier alpha value is -2.35. The maximum absolute atomic E-state index is 10.8. The van der Waals surface area contributed by atoms with Crippen molar-refractivity contribution >= 4 is 17.0 Å². The zero-order valence-electron chi connectivity index (χ0n) is 8.00. The summed E-state index contributed by atoms with van der Waals surface area (Å²) in [5.74, 6) is 4.40. The van der Waals surface area contributed by atoms with Gasteiger partial charge in [0.05, 0.1) is 13.3 Å². The van der Waals surface area contributed by atoms with Gasteiger partial charge in [0.2, 0.25) is 17.7 Å². The van der Waals surface area contributed by atoms with Crippen LogP contribution in [-0.2, 0) is 9.53 Å². The van der Waals surface area contributed by atoms with E-state index >= 15 is 0 Å². The van der Waals surface area contributed by atoms with Crippen molar-refractivity contribution in [3.8, 4) is 11.8 Å². The summed E-state index contributed by atoms with van der Waals surface area (Å²) in [5.41, 5.74) is 1.36. The summed E-state index contributed by atoms with van der Waals surface area (Å²) in [6, 6.07) is 1.83. The number of carbonyl (C=O) groups is 1. The molecule has 5 heteroatoms. The van der Waals surface area contributed by atoms with Crippen LogP contribution in [0.15, 0.2) is 18.6 Å². The molecule has 2 aromatic heterocycles. The first-order valence-electron chi connectivity index (χ1n) is 4.25. The molecule has 0 saturated heterocycles. The van der Waals surface area contributed by atoms with Crippen molar-refractivity contribution < 1.29 is 14.5 Å². The minimum atomic E-state index is -0.576.